The lowest BCUT2D eigenvalue weighted by Crippen LogP contribution is -2.54. The highest BCUT2D eigenvalue weighted by atomic mass is 15.3. The smallest absolute Gasteiger partial charge is 0.0367 e. The Hall–Kier alpha value is -1.06. The summed E-state index contributed by atoms with van der Waals surface area (Å²) >= 11 is 0. The van der Waals surface area contributed by atoms with Gasteiger partial charge in [-0.05, 0) is 50.0 Å². The highest BCUT2D eigenvalue weighted by Gasteiger charge is 2.28. The maximum absolute atomic E-state index is 3.47. The van der Waals surface area contributed by atoms with E-state index in [-0.39, 0.29) is 0 Å². The average molecular weight is 287 g/mol. The van der Waals surface area contributed by atoms with Crippen molar-refractivity contribution in [2.75, 3.05) is 37.6 Å². The summed E-state index contributed by atoms with van der Waals surface area (Å²) < 4.78 is 0. The number of fused-ring (bicyclic) bond motifs is 1. The van der Waals surface area contributed by atoms with Crippen LogP contribution in [-0.4, -0.2) is 43.7 Å². The van der Waals surface area contributed by atoms with Gasteiger partial charge in [0.2, 0.25) is 0 Å². The molecule has 0 amide bonds. The Labute approximate surface area is 129 Å². The fourth-order valence-corrected chi connectivity index (χ4v) is 3.62. The first-order valence-electron chi connectivity index (χ1n) is 8.65. The Kier molecular flexibility index (Phi) is 5.15. The topological polar surface area (TPSA) is 18.5 Å². The van der Waals surface area contributed by atoms with E-state index in [9.17, 15) is 0 Å². The van der Waals surface area contributed by atoms with Crippen LogP contribution in [0.5, 0.6) is 0 Å². The van der Waals surface area contributed by atoms with E-state index in [2.05, 4.69) is 46.3 Å². The Bertz CT molecular complexity index is 429. The Morgan fingerprint density at radius 1 is 1.10 bits per heavy atom. The Morgan fingerprint density at radius 3 is 2.76 bits per heavy atom. The summed E-state index contributed by atoms with van der Waals surface area (Å²) in [5, 5.41) is 3.47. The van der Waals surface area contributed by atoms with E-state index in [1.807, 2.05) is 0 Å². The van der Waals surface area contributed by atoms with Crippen LogP contribution in [0.2, 0.25) is 0 Å². The molecule has 3 rings (SSSR count). The van der Waals surface area contributed by atoms with Gasteiger partial charge in [-0.15, -0.1) is 0 Å². The van der Waals surface area contributed by atoms with Crippen LogP contribution in [0.1, 0.15) is 38.2 Å². The maximum Gasteiger partial charge on any atom is 0.0367 e. The first-order chi connectivity index (χ1) is 10.4. The lowest BCUT2D eigenvalue weighted by Gasteiger charge is -2.45. The zero-order chi connectivity index (χ0) is 14.5. The summed E-state index contributed by atoms with van der Waals surface area (Å²) in [6, 6.07) is 9.97. The molecule has 1 aromatic rings. The number of piperazine rings is 1. The largest absolute Gasteiger partial charge is 0.369 e. The molecule has 0 spiro atoms. The van der Waals surface area contributed by atoms with E-state index >= 15 is 0 Å². The second-order valence-electron chi connectivity index (χ2n) is 6.47. The summed E-state index contributed by atoms with van der Waals surface area (Å²) in [6.45, 7) is 9.26. The predicted molar refractivity (Wildman–Crippen MR) is 89.9 cm³/mol. The van der Waals surface area contributed by atoms with E-state index in [1.165, 1.54) is 63.1 Å². The summed E-state index contributed by atoms with van der Waals surface area (Å²) in [6.07, 6.45) is 5.40. The van der Waals surface area contributed by atoms with Gasteiger partial charge in [0.25, 0.3) is 0 Å². The van der Waals surface area contributed by atoms with Crippen molar-refractivity contribution >= 4 is 5.69 Å². The number of nitrogens with zero attached hydrogens (tertiary/aromatic N) is 2. The quantitative estimate of drug-likeness (QED) is 0.840. The second kappa shape index (κ2) is 7.28. The van der Waals surface area contributed by atoms with Crippen LogP contribution >= 0.6 is 0 Å². The number of benzene rings is 1. The normalized spacial score (nSPS) is 23.1. The summed E-state index contributed by atoms with van der Waals surface area (Å²) in [5.41, 5.74) is 2.79. The van der Waals surface area contributed by atoms with E-state index in [1.54, 1.807) is 0 Å². The number of nitrogens with one attached hydrogen (secondary N) is 1. The van der Waals surface area contributed by atoms with Crippen molar-refractivity contribution in [3.05, 3.63) is 29.8 Å². The molecule has 0 radical (unpaired) electrons. The van der Waals surface area contributed by atoms with E-state index in [4.69, 9.17) is 0 Å². The van der Waals surface area contributed by atoms with Gasteiger partial charge in [-0.25, -0.2) is 0 Å². The van der Waals surface area contributed by atoms with Gasteiger partial charge in [-0.3, -0.25) is 4.90 Å². The van der Waals surface area contributed by atoms with Crippen LogP contribution in [0.4, 0.5) is 5.69 Å². The van der Waals surface area contributed by atoms with Crippen LogP contribution in [0.25, 0.3) is 0 Å². The lowest BCUT2D eigenvalue weighted by molar-refractivity contribution is 0.133. The third-order valence-electron chi connectivity index (χ3n) is 4.89. The standard InChI is InChI=1S/C18H29N3/c1-2-10-19-14-16-6-8-17(9-7-16)21-13-12-20-11-4-3-5-18(20)15-21/h6-9,18-19H,2-5,10-15H2,1H3. The fraction of sp³-hybridized carbons (Fsp3) is 0.667. The molecule has 21 heavy (non-hydrogen) atoms. The highest BCUT2D eigenvalue weighted by Crippen LogP contribution is 2.25. The molecule has 2 saturated heterocycles. The van der Waals surface area contributed by atoms with Crippen molar-refractivity contribution in [3.63, 3.8) is 0 Å². The fourth-order valence-electron chi connectivity index (χ4n) is 3.62. The molecule has 0 bridgehead atoms. The molecular weight excluding hydrogens is 258 g/mol. The monoisotopic (exact) mass is 287 g/mol. The molecule has 1 aromatic carbocycles. The molecule has 0 saturated carbocycles. The Balaban J connectivity index is 1.56. The van der Waals surface area contributed by atoms with E-state index < -0.39 is 0 Å². The van der Waals surface area contributed by atoms with Gasteiger partial charge in [0.1, 0.15) is 0 Å². The van der Waals surface area contributed by atoms with Crippen molar-refractivity contribution in [1.82, 2.24) is 10.2 Å². The van der Waals surface area contributed by atoms with Gasteiger partial charge in [0, 0.05) is 37.9 Å². The van der Waals surface area contributed by atoms with E-state index in [0.29, 0.717) is 0 Å². The summed E-state index contributed by atoms with van der Waals surface area (Å²) in [4.78, 5) is 5.28. The molecule has 1 N–H and O–H groups in total. The third kappa shape index (κ3) is 3.78. The number of anilines is 1. The summed E-state index contributed by atoms with van der Waals surface area (Å²) in [7, 11) is 0. The third-order valence-corrected chi connectivity index (χ3v) is 4.89. The lowest BCUT2D eigenvalue weighted by atomic mass is 9.99. The van der Waals surface area contributed by atoms with Crippen LogP contribution in [0.3, 0.4) is 0 Å². The van der Waals surface area contributed by atoms with Gasteiger partial charge in [0.15, 0.2) is 0 Å². The predicted octanol–water partition coefficient (Wildman–Crippen LogP) is 2.86. The molecule has 0 aromatic heterocycles. The minimum Gasteiger partial charge on any atom is -0.369 e. The van der Waals surface area contributed by atoms with Gasteiger partial charge in [-0.1, -0.05) is 25.5 Å². The van der Waals surface area contributed by atoms with Crippen molar-refractivity contribution < 1.29 is 0 Å². The molecule has 2 fully saturated rings. The van der Waals surface area contributed by atoms with E-state index in [0.717, 1.165) is 19.1 Å². The highest BCUT2D eigenvalue weighted by molar-refractivity contribution is 5.48. The molecule has 116 valence electrons. The molecule has 2 aliphatic rings. The molecule has 3 heteroatoms. The number of piperidine rings is 1. The minimum atomic E-state index is 0.790. The SMILES string of the molecule is CCCNCc1ccc(N2CCN3CCCCC3C2)cc1. The number of rotatable bonds is 5. The molecule has 0 aliphatic carbocycles. The first kappa shape index (κ1) is 14.9. The number of hydrogen-bond donors (Lipinski definition) is 1. The number of hydrogen-bond acceptors (Lipinski definition) is 3. The van der Waals surface area contributed by atoms with Crippen LogP contribution < -0.4 is 10.2 Å². The first-order valence-corrected chi connectivity index (χ1v) is 8.65. The van der Waals surface area contributed by atoms with Gasteiger partial charge in [0.05, 0.1) is 0 Å². The van der Waals surface area contributed by atoms with Crippen molar-refractivity contribution in [2.45, 2.75) is 45.2 Å². The van der Waals surface area contributed by atoms with Crippen LogP contribution in [0.15, 0.2) is 24.3 Å². The van der Waals surface area contributed by atoms with Gasteiger partial charge < -0.3 is 10.2 Å². The second-order valence-corrected chi connectivity index (χ2v) is 6.47. The van der Waals surface area contributed by atoms with Gasteiger partial charge in [-0.2, -0.15) is 0 Å². The van der Waals surface area contributed by atoms with Crippen molar-refractivity contribution in [1.29, 1.82) is 0 Å². The maximum atomic E-state index is 3.47. The zero-order valence-corrected chi connectivity index (χ0v) is 13.4. The molecular formula is C18H29N3. The molecule has 3 nitrogen and oxygen atoms in total. The molecule has 2 heterocycles. The van der Waals surface area contributed by atoms with Gasteiger partial charge >= 0.3 is 0 Å². The zero-order valence-electron chi connectivity index (χ0n) is 13.4. The van der Waals surface area contributed by atoms with Crippen molar-refractivity contribution in [2.24, 2.45) is 0 Å². The molecule has 1 unspecified atom stereocenters. The van der Waals surface area contributed by atoms with Crippen LogP contribution in [-0.2, 0) is 6.54 Å². The molecule has 2 aliphatic heterocycles. The minimum absolute atomic E-state index is 0.790. The van der Waals surface area contributed by atoms with Crippen molar-refractivity contribution in [3.8, 4) is 0 Å². The van der Waals surface area contributed by atoms with Crippen LogP contribution in [0, 0.1) is 0 Å². The average Bonchev–Trinajstić information content (AvgIpc) is 2.55. The Morgan fingerprint density at radius 2 is 1.95 bits per heavy atom. The summed E-state index contributed by atoms with van der Waals surface area (Å²) in [5.74, 6) is 0. The molecule has 1 atom stereocenters.